The molecule has 0 amide bonds. The van der Waals surface area contributed by atoms with Crippen molar-refractivity contribution in [2.24, 2.45) is 0 Å². The van der Waals surface area contributed by atoms with Gasteiger partial charge in [-0.15, -0.1) is 0 Å². The number of carbonyl (C=O) groups is 2. The molecule has 0 radical (unpaired) electrons. The minimum atomic E-state index is -1.25. The lowest BCUT2D eigenvalue weighted by atomic mass is 9.98. The Morgan fingerprint density at radius 2 is 1.46 bits per heavy atom. The predicted octanol–water partition coefficient (Wildman–Crippen LogP) is 0.881. The zero-order valence-electron chi connectivity index (χ0n) is 13.2. The van der Waals surface area contributed by atoms with E-state index in [1.165, 1.54) is 6.07 Å². The van der Waals surface area contributed by atoms with Crippen molar-refractivity contribution < 1.29 is 39.5 Å². The normalized spacial score (nSPS) is 10.8. The third-order valence-electron chi connectivity index (χ3n) is 3.22. The molecule has 0 heterocycles. The van der Waals surface area contributed by atoms with Crippen molar-refractivity contribution in [1.29, 1.82) is 0 Å². The summed E-state index contributed by atoms with van der Waals surface area (Å²) in [6.07, 6.45) is 0.838. The Bertz CT molecular complexity index is 555. The molecule has 0 saturated heterocycles. The standard InChI is InChI=1S/C16H22O8/c17-3-1-5-23-9-12-7-11(15(19)20)8-13(16(21)22)14(12)10-24-6-2-4-18/h7-8,17-18H,1-6,9-10H2,(H,19,20)(H,21,22). The van der Waals surface area contributed by atoms with Gasteiger partial charge < -0.3 is 29.9 Å². The first-order valence-corrected chi connectivity index (χ1v) is 7.50. The first kappa shape index (κ1) is 20.0. The first-order chi connectivity index (χ1) is 11.5. The highest BCUT2D eigenvalue weighted by Gasteiger charge is 2.19. The molecular weight excluding hydrogens is 320 g/mol. The van der Waals surface area contributed by atoms with Gasteiger partial charge in [0.15, 0.2) is 0 Å². The van der Waals surface area contributed by atoms with Crippen molar-refractivity contribution in [2.45, 2.75) is 26.1 Å². The summed E-state index contributed by atoms with van der Waals surface area (Å²) in [7, 11) is 0. The summed E-state index contributed by atoms with van der Waals surface area (Å²) in [4.78, 5) is 22.6. The number of ether oxygens (including phenoxy) is 2. The van der Waals surface area contributed by atoms with Crippen molar-refractivity contribution in [1.82, 2.24) is 0 Å². The smallest absolute Gasteiger partial charge is 0.336 e. The topological polar surface area (TPSA) is 134 Å². The van der Waals surface area contributed by atoms with Crippen LogP contribution in [-0.4, -0.2) is 58.8 Å². The van der Waals surface area contributed by atoms with E-state index in [0.717, 1.165) is 6.07 Å². The van der Waals surface area contributed by atoms with Crippen LogP contribution in [0.25, 0.3) is 0 Å². The number of aromatic carboxylic acids is 2. The highest BCUT2D eigenvalue weighted by atomic mass is 16.5. The van der Waals surface area contributed by atoms with Crippen LogP contribution >= 0.6 is 0 Å². The van der Waals surface area contributed by atoms with E-state index in [1.807, 2.05) is 0 Å². The van der Waals surface area contributed by atoms with Crippen LogP contribution in [0.15, 0.2) is 12.1 Å². The minimum absolute atomic E-state index is 0.0140. The van der Waals surface area contributed by atoms with E-state index in [2.05, 4.69) is 0 Å². The Hall–Kier alpha value is -2.00. The first-order valence-electron chi connectivity index (χ1n) is 7.50. The van der Waals surface area contributed by atoms with Gasteiger partial charge in [-0.3, -0.25) is 0 Å². The lowest BCUT2D eigenvalue weighted by Gasteiger charge is -2.15. The van der Waals surface area contributed by atoms with Gasteiger partial charge in [0.05, 0.1) is 24.3 Å². The Morgan fingerprint density at radius 3 is 1.96 bits per heavy atom. The van der Waals surface area contributed by atoms with Gasteiger partial charge in [0.25, 0.3) is 0 Å². The van der Waals surface area contributed by atoms with Gasteiger partial charge in [0.2, 0.25) is 0 Å². The number of benzene rings is 1. The molecule has 0 spiro atoms. The SMILES string of the molecule is O=C(O)c1cc(COCCCO)c(COCCCO)c(C(=O)O)c1. The van der Waals surface area contributed by atoms with Gasteiger partial charge in [-0.25, -0.2) is 9.59 Å². The monoisotopic (exact) mass is 342 g/mol. The van der Waals surface area contributed by atoms with Crippen LogP contribution in [0.3, 0.4) is 0 Å². The molecule has 0 fully saturated rings. The lowest BCUT2D eigenvalue weighted by molar-refractivity contribution is 0.0678. The quantitative estimate of drug-likeness (QED) is 0.411. The van der Waals surface area contributed by atoms with Crippen LogP contribution in [0.5, 0.6) is 0 Å². The third kappa shape index (κ3) is 6.25. The lowest BCUT2D eigenvalue weighted by Crippen LogP contribution is -2.13. The van der Waals surface area contributed by atoms with Crippen molar-refractivity contribution in [3.8, 4) is 0 Å². The average molecular weight is 342 g/mol. The minimum Gasteiger partial charge on any atom is -0.478 e. The van der Waals surface area contributed by atoms with Crippen molar-refractivity contribution in [2.75, 3.05) is 26.4 Å². The molecule has 0 saturated carbocycles. The summed E-state index contributed by atoms with van der Waals surface area (Å²) in [6, 6.07) is 2.45. The maximum absolute atomic E-state index is 11.5. The molecule has 0 aromatic heterocycles. The zero-order valence-corrected chi connectivity index (χ0v) is 13.2. The number of hydrogen-bond acceptors (Lipinski definition) is 6. The van der Waals surface area contributed by atoms with Gasteiger partial charge in [-0.1, -0.05) is 0 Å². The molecule has 8 nitrogen and oxygen atoms in total. The van der Waals surface area contributed by atoms with E-state index in [9.17, 15) is 14.7 Å². The molecule has 0 atom stereocenters. The molecule has 8 heteroatoms. The average Bonchev–Trinajstić information content (AvgIpc) is 2.55. The highest BCUT2D eigenvalue weighted by Crippen LogP contribution is 2.21. The molecule has 1 rings (SSSR count). The molecule has 0 aliphatic heterocycles. The maximum Gasteiger partial charge on any atom is 0.336 e. The van der Waals surface area contributed by atoms with E-state index in [4.69, 9.17) is 24.8 Å². The van der Waals surface area contributed by atoms with Crippen molar-refractivity contribution in [3.63, 3.8) is 0 Å². The Kier molecular flexibility index (Phi) is 8.95. The molecule has 4 N–H and O–H groups in total. The molecule has 1 aromatic rings. The van der Waals surface area contributed by atoms with Crippen LogP contribution in [0.2, 0.25) is 0 Å². The second-order valence-electron chi connectivity index (χ2n) is 5.03. The number of aliphatic hydroxyl groups excluding tert-OH is 2. The fourth-order valence-corrected chi connectivity index (χ4v) is 2.04. The molecule has 24 heavy (non-hydrogen) atoms. The zero-order chi connectivity index (χ0) is 17.9. The summed E-state index contributed by atoms with van der Waals surface area (Å²) in [5.41, 5.74) is 0.454. The summed E-state index contributed by atoms with van der Waals surface area (Å²) >= 11 is 0. The van der Waals surface area contributed by atoms with E-state index < -0.39 is 11.9 Å². The summed E-state index contributed by atoms with van der Waals surface area (Å²) in [5.74, 6) is -2.49. The van der Waals surface area contributed by atoms with Gasteiger partial charge in [0, 0.05) is 26.4 Å². The number of hydrogen-bond donors (Lipinski definition) is 4. The Labute approximate surface area is 139 Å². The number of carboxylic acid groups (broad SMARTS) is 2. The molecule has 1 aromatic carbocycles. The van der Waals surface area contributed by atoms with Crippen LogP contribution in [0, 0.1) is 0 Å². The molecule has 0 bridgehead atoms. The number of aliphatic hydroxyl groups is 2. The van der Waals surface area contributed by atoms with Gasteiger partial charge in [0.1, 0.15) is 0 Å². The van der Waals surface area contributed by atoms with E-state index in [-0.39, 0.29) is 50.8 Å². The van der Waals surface area contributed by atoms with E-state index >= 15 is 0 Å². The largest absolute Gasteiger partial charge is 0.478 e. The maximum atomic E-state index is 11.5. The van der Waals surface area contributed by atoms with Gasteiger partial charge >= 0.3 is 11.9 Å². The Morgan fingerprint density at radius 1 is 0.875 bits per heavy atom. The molecule has 134 valence electrons. The van der Waals surface area contributed by atoms with Gasteiger partial charge in [-0.2, -0.15) is 0 Å². The van der Waals surface area contributed by atoms with E-state index in [0.29, 0.717) is 24.0 Å². The molecular formula is C16H22O8. The van der Waals surface area contributed by atoms with Crippen LogP contribution in [-0.2, 0) is 22.7 Å². The second-order valence-corrected chi connectivity index (χ2v) is 5.03. The third-order valence-corrected chi connectivity index (χ3v) is 3.22. The van der Waals surface area contributed by atoms with Crippen LogP contribution < -0.4 is 0 Å². The summed E-state index contributed by atoms with van der Waals surface area (Å²) in [5, 5.41) is 36.0. The molecule has 0 aliphatic carbocycles. The highest BCUT2D eigenvalue weighted by molar-refractivity contribution is 5.95. The number of rotatable bonds is 12. The summed E-state index contributed by atoms with van der Waals surface area (Å²) < 4.78 is 10.7. The molecule has 0 aliphatic rings. The molecule has 0 unspecified atom stereocenters. The van der Waals surface area contributed by atoms with Crippen LogP contribution in [0.4, 0.5) is 0 Å². The Balaban J connectivity index is 3.06. The van der Waals surface area contributed by atoms with Gasteiger partial charge in [-0.05, 0) is 36.1 Å². The second kappa shape index (κ2) is 10.7. The fraction of sp³-hybridized carbons (Fsp3) is 0.500. The van der Waals surface area contributed by atoms with Crippen LogP contribution in [0.1, 0.15) is 44.7 Å². The number of carboxylic acids is 2. The van der Waals surface area contributed by atoms with E-state index in [1.54, 1.807) is 0 Å². The van der Waals surface area contributed by atoms with Crippen molar-refractivity contribution in [3.05, 3.63) is 34.4 Å². The van der Waals surface area contributed by atoms with Crippen molar-refractivity contribution >= 4 is 11.9 Å². The summed E-state index contributed by atoms with van der Waals surface area (Å²) in [6.45, 7) is 0.427. The fourth-order valence-electron chi connectivity index (χ4n) is 2.04. The predicted molar refractivity (Wildman–Crippen MR) is 83.1 cm³/mol.